The number of hydrogen-bond acceptors (Lipinski definition) is 3. The van der Waals surface area contributed by atoms with Gasteiger partial charge in [0.25, 0.3) is 0 Å². The molecule has 11 rings (SSSR count). The van der Waals surface area contributed by atoms with Gasteiger partial charge in [-0.05, 0) is 0 Å². The van der Waals surface area contributed by atoms with E-state index >= 15 is 0 Å². The second kappa shape index (κ2) is 1.01. The monoisotopic (exact) mass is 364 g/mol. The van der Waals surface area contributed by atoms with Crippen LogP contribution >= 0.6 is 0 Å². The number of hydrogen-bond donors (Lipinski definition) is 1. The van der Waals surface area contributed by atoms with Gasteiger partial charge in [-0.15, -0.1) is 0 Å². The van der Waals surface area contributed by atoms with E-state index in [1.54, 1.807) is 0 Å². The topological polar surface area (TPSA) is 63.6 Å². The Bertz CT molecular complexity index is 1410. The predicted octanol–water partition coefficient (Wildman–Crippen LogP) is 3.94. The van der Waals surface area contributed by atoms with Crippen molar-refractivity contribution in [1.29, 1.82) is 0 Å². The van der Waals surface area contributed by atoms with E-state index in [-0.39, 0.29) is 14.6 Å². The maximum atomic E-state index is 13.4. The molecule has 0 aromatic heterocycles. The zero-order valence-electron chi connectivity index (χ0n) is 12.7. The molecule has 8 atom stereocenters. The summed E-state index contributed by atoms with van der Waals surface area (Å²) in [6, 6.07) is 9.88. The van der Waals surface area contributed by atoms with Crippen molar-refractivity contribution >= 4 is 11.9 Å². The summed E-state index contributed by atoms with van der Waals surface area (Å²) in [5.41, 5.74) is 1.03. The first kappa shape index (κ1) is 9.98. The molecule has 0 aliphatic carbocycles. The number of carboxylic acids is 1. The van der Waals surface area contributed by atoms with Crippen molar-refractivity contribution in [3.05, 3.63) is 35.9 Å². The summed E-state index contributed by atoms with van der Waals surface area (Å²) in [6.07, 6.45) is 0. The number of rotatable bonds is 4. The van der Waals surface area contributed by atoms with Gasteiger partial charge in [-0.2, -0.15) is 0 Å². The molecule has 5 heteroatoms. The Morgan fingerprint density at radius 2 is 1.50 bits per heavy atom. The molecular formula is C19H16FeO4. The molecule has 0 amide bonds. The van der Waals surface area contributed by atoms with Crippen molar-refractivity contribution in [3.63, 3.8) is 0 Å². The molecule has 1 spiro atoms. The van der Waals surface area contributed by atoms with E-state index < -0.39 is 12.5 Å². The zero-order chi connectivity index (χ0) is 15.6. The van der Waals surface area contributed by atoms with E-state index in [0.717, 1.165) is 24.8 Å². The van der Waals surface area contributed by atoms with Gasteiger partial charge < -0.3 is 0 Å². The maximum absolute atomic E-state index is 13.4. The van der Waals surface area contributed by atoms with Gasteiger partial charge in [-0.25, -0.2) is 0 Å². The van der Waals surface area contributed by atoms with E-state index in [1.807, 2.05) is 30.3 Å². The van der Waals surface area contributed by atoms with Gasteiger partial charge in [0, 0.05) is 0 Å². The number of carbonyl (C=O) groups excluding carboxylic acids is 1. The molecule has 10 aliphatic heterocycles. The van der Waals surface area contributed by atoms with Crippen LogP contribution in [0.15, 0.2) is 30.3 Å². The Labute approximate surface area is 127 Å². The Morgan fingerprint density at radius 1 is 0.958 bits per heavy atom. The minimum atomic E-state index is -4.17. The number of aliphatic carboxylic acids is 1. The SMILES string of the molecule is O=C(O)[C]12[CH]3[CH]4[CH]5[CH]1[Fe]45321678[CH]2[CH]1[CH]6[C]7(C(=O)OCc1ccccc1)[CH]28. The quantitative estimate of drug-likeness (QED) is 0.649. The third-order valence-electron chi connectivity index (χ3n) is 16.7. The van der Waals surface area contributed by atoms with Crippen molar-refractivity contribution in [2.45, 2.75) is 53.8 Å². The van der Waals surface area contributed by atoms with Crippen LogP contribution in [0.25, 0.3) is 0 Å². The van der Waals surface area contributed by atoms with Gasteiger partial charge in [0.2, 0.25) is 0 Å². The Kier molecular flexibility index (Phi) is 0.421. The Hall–Kier alpha value is -1.32. The van der Waals surface area contributed by atoms with E-state index in [2.05, 4.69) is 0 Å². The van der Waals surface area contributed by atoms with Crippen LogP contribution in [0, 0.1) is 0 Å². The standard InChI is InChI=1S/C13H11O2.C6H5O2.Fe/c14-13(12-8-4-5-9-12)15-10-11-6-2-1-3-7-11;7-6(8)5-3-1-2-4-5;/h1-9H,10H2;1-4H,(H,7,8);. The average Bonchev–Trinajstić information content (AvgIpc) is 3.53. The molecule has 24 heavy (non-hydrogen) atoms. The number of benzene rings is 1. The number of fused-ring (bicyclic) bond motifs is 10. The summed E-state index contributed by atoms with van der Waals surface area (Å²) < 4.78 is 5.43. The van der Waals surface area contributed by atoms with Crippen LogP contribution in [-0.2, 0) is 27.4 Å². The van der Waals surface area contributed by atoms with Crippen molar-refractivity contribution in [1.82, 2.24) is 0 Å². The molecule has 1 aromatic rings. The summed E-state index contributed by atoms with van der Waals surface area (Å²) >= 11 is 0. The van der Waals surface area contributed by atoms with Crippen molar-refractivity contribution in [2.75, 3.05) is 0 Å². The summed E-state index contributed by atoms with van der Waals surface area (Å²) in [5, 5.41) is 10.2. The Morgan fingerprint density at radius 3 is 1.96 bits per heavy atom. The zero-order valence-corrected chi connectivity index (χ0v) is 13.8. The number of carbonyl (C=O) groups is 2. The van der Waals surface area contributed by atoms with Crippen LogP contribution in [0.4, 0.5) is 0 Å². The van der Waals surface area contributed by atoms with Gasteiger partial charge in [0.15, 0.2) is 0 Å². The van der Waals surface area contributed by atoms with E-state index in [1.165, 1.54) is 0 Å². The molecular weight excluding hydrogens is 348 g/mol. The van der Waals surface area contributed by atoms with Crippen LogP contribution in [0.1, 0.15) is 5.56 Å². The molecule has 1 N–H and O–H groups in total. The third kappa shape index (κ3) is 0.128. The first-order chi connectivity index (χ1) is 11.4. The number of esters is 1. The average molecular weight is 364 g/mol. The molecule has 8 unspecified atom stereocenters. The molecule has 0 radical (unpaired) electrons. The molecule has 10 fully saturated rings. The van der Waals surface area contributed by atoms with Crippen LogP contribution in [0.5, 0.6) is 0 Å². The van der Waals surface area contributed by atoms with E-state index in [0.29, 0.717) is 25.9 Å². The van der Waals surface area contributed by atoms with Crippen LogP contribution in [-0.4, -0.2) is 17.0 Å². The van der Waals surface area contributed by atoms with Gasteiger partial charge in [-0.3, -0.25) is 0 Å². The normalized spacial score (nSPS) is 90.3. The third-order valence-corrected chi connectivity index (χ3v) is 59.3. The van der Waals surface area contributed by atoms with Crippen molar-refractivity contribution < 1.29 is 25.9 Å². The van der Waals surface area contributed by atoms with Crippen LogP contribution in [0.2, 0.25) is 47.2 Å². The molecule has 4 nitrogen and oxygen atoms in total. The van der Waals surface area contributed by atoms with Gasteiger partial charge in [-0.1, -0.05) is 0 Å². The Balaban J connectivity index is 1.17. The molecule has 10 aliphatic rings. The number of ether oxygens (including phenoxy) is 1. The van der Waals surface area contributed by atoms with Crippen molar-refractivity contribution in [3.8, 4) is 0 Å². The second-order valence-corrected chi connectivity index (χ2v) is 35.3. The first-order valence-corrected chi connectivity index (χ1v) is 15.2. The summed E-state index contributed by atoms with van der Waals surface area (Å²) in [6.45, 7) is -3.81. The van der Waals surface area contributed by atoms with E-state index in [9.17, 15) is 14.7 Å². The van der Waals surface area contributed by atoms with Crippen LogP contribution < -0.4 is 0 Å². The number of carboxylic acid groups (broad SMARTS) is 1. The molecule has 124 valence electrons. The predicted molar refractivity (Wildman–Crippen MR) is 79.3 cm³/mol. The van der Waals surface area contributed by atoms with Gasteiger partial charge in [0.1, 0.15) is 0 Å². The fraction of sp³-hybridized carbons (Fsp3) is 0.579. The molecule has 10 saturated heterocycles. The minimum absolute atomic E-state index is 0.0541. The fourth-order valence-corrected chi connectivity index (χ4v) is 93.4. The molecule has 0 saturated carbocycles. The fourth-order valence-electron chi connectivity index (χ4n) is 18.5. The van der Waals surface area contributed by atoms with Crippen molar-refractivity contribution in [2.24, 2.45) is 0 Å². The first-order valence-electron chi connectivity index (χ1n) is 9.03. The van der Waals surface area contributed by atoms with Crippen LogP contribution in [0.3, 0.4) is 0 Å². The molecule has 0 bridgehead atoms. The summed E-state index contributed by atoms with van der Waals surface area (Å²) in [7, 11) is 0. The molecule has 1 aromatic carbocycles. The second-order valence-electron chi connectivity index (χ2n) is 12.1. The summed E-state index contributed by atoms with van der Waals surface area (Å²) in [5.74, 6) is -0.428. The van der Waals surface area contributed by atoms with Gasteiger partial charge in [0.05, 0.1) is 0 Å². The summed E-state index contributed by atoms with van der Waals surface area (Å²) in [4.78, 5) is 31.2. The molecule has 10 heterocycles. The van der Waals surface area contributed by atoms with Gasteiger partial charge >= 0.3 is 128 Å². The van der Waals surface area contributed by atoms with E-state index in [4.69, 9.17) is 4.74 Å².